The van der Waals surface area contributed by atoms with Gasteiger partial charge in [-0.3, -0.25) is 9.69 Å². The molecule has 4 rings (SSSR count). The summed E-state index contributed by atoms with van der Waals surface area (Å²) in [7, 11) is 0. The SMILES string of the molecule is O=C(CSc1nnc(CN2CCCCC2)n1Cc1ccccc1)N1CCCCCCC1. The summed E-state index contributed by atoms with van der Waals surface area (Å²) in [5.41, 5.74) is 1.24. The van der Waals surface area contributed by atoms with Crippen LogP contribution in [0.1, 0.15) is 62.8 Å². The molecule has 31 heavy (non-hydrogen) atoms. The van der Waals surface area contributed by atoms with E-state index >= 15 is 0 Å². The van der Waals surface area contributed by atoms with Gasteiger partial charge in [-0.15, -0.1) is 10.2 Å². The molecule has 168 valence electrons. The third kappa shape index (κ3) is 6.56. The van der Waals surface area contributed by atoms with Crippen molar-refractivity contribution in [2.45, 2.75) is 69.6 Å². The summed E-state index contributed by atoms with van der Waals surface area (Å²) < 4.78 is 2.22. The number of nitrogens with zero attached hydrogens (tertiary/aromatic N) is 5. The molecule has 1 aromatic heterocycles. The van der Waals surface area contributed by atoms with Crippen molar-refractivity contribution >= 4 is 17.7 Å². The Kier molecular flexibility index (Phi) is 8.41. The third-order valence-electron chi connectivity index (χ3n) is 6.32. The number of piperidine rings is 1. The van der Waals surface area contributed by atoms with Crippen LogP contribution in [0.15, 0.2) is 35.5 Å². The molecule has 0 saturated carbocycles. The van der Waals surface area contributed by atoms with Crippen LogP contribution in [-0.2, 0) is 17.9 Å². The standard InChI is InChI=1S/C24H35N5OS/c30-23(28-16-10-2-1-3-11-17-28)20-31-24-26-25-22(19-27-14-8-5-9-15-27)29(24)18-21-12-6-4-7-13-21/h4,6-7,12-13H,1-3,5,8-11,14-20H2. The van der Waals surface area contributed by atoms with Crippen LogP contribution in [0.3, 0.4) is 0 Å². The number of thioether (sulfide) groups is 1. The Morgan fingerprint density at radius 2 is 1.45 bits per heavy atom. The third-order valence-corrected chi connectivity index (χ3v) is 7.28. The maximum Gasteiger partial charge on any atom is 0.233 e. The van der Waals surface area contributed by atoms with Crippen LogP contribution in [0.25, 0.3) is 0 Å². The van der Waals surface area contributed by atoms with Crippen LogP contribution in [0.2, 0.25) is 0 Å². The molecule has 2 saturated heterocycles. The van der Waals surface area contributed by atoms with E-state index < -0.39 is 0 Å². The van der Waals surface area contributed by atoms with Gasteiger partial charge < -0.3 is 9.47 Å². The predicted molar refractivity (Wildman–Crippen MR) is 125 cm³/mol. The van der Waals surface area contributed by atoms with Gasteiger partial charge in [-0.05, 0) is 44.3 Å². The van der Waals surface area contributed by atoms with E-state index in [1.54, 1.807) is 11.8 Å². The molecule has 2 aromatic rings. The van der Waals surface area contributed by atoms with Crippen molar-refractivity contribution in [2.75, 3.05) is 31.9 Å². The van der Waals surface area contributed by atoms with Gasteiger partial charge in [0.1, 0.15) is 5.82 Å². The Labute approximate surface area is 190 Å². The molecule has 0 N–H and O–H groups in total. The zero-order chi connectivity index (χ0) is 21.3. The molecular weight excluding hydrogens is 406 g/mol. The smallest absolute Gasteiger partial charge is 0.233 e. The van der Waals surface area contributed by atoms with Gasteiger partial charge in [0.05, 0.1) is 18.8 Å². The van der Waals surface area contributed by atoms with E-state index in [0.29, 0.717) is 5.75 Å². The van der Waals surface area contributed by atoms with Crippen molar-refractivity contribution in [3.63, 3.8) is 0 Å². The van der Waals surface area contributed by atoms with Crippen molar-refractivity contribution in [1.82, 2.24) is 24.6 Å². The Morgan fingerprint density at radius 3 is 2.19 bits per heavy atom. The summed E-state index contributed by atoms with van der Waals surface area (Å²) in [4.78, 5) is 17.4. The molecule has 2 fully saturated rings. The molecule has 2 aliphatic heterocycles. The van der Waals surface area contributed by atoms with Gasteiger partial charge in [0.15, 0.2) is 5.16 Å². The summed E-state index contributed by atoms with van der Waals surface area (Å²) >= 11 is 1.54. The zero-order valence-electron chi connectivity index (χ0n) is 18.5. The minimum Gasteiger partial charge on any atom is -0.342 e. The molecule has 0 bridgehead atoms. The number of carbonyl (C=O) groups excluding carboxylic acids is 1. The Hall–Kier alpha value is -1.86. The lowest BCUT2D eigenvalue weighted by atomic mass is 10.1. The average Bonchev–Trinajstić information content (AvgIpc) is 3.14. The monoisotopic (exact) mass is 441 g/mol. The summed E-state index contributed by atoms with van der Waals surface area (Å²) in [6.45, 7) is 5.65. The molecule has 2 aliphatic rings. The van der Waals surface area contributed by atoms with Crippen molar-refractivity contribution in [2.24, 2.45) is 0 Å². The van der Waals surface area contributed by atoms with E-state index in [9.17, 15) is 4.79 Å². The lowest BCUT2D eigenvalue weighted by molar-refractivity contribution is -0.128. The molecule has 1 aromatic carbocycles. The van der Waals surface area contributed by atoms with E-state index in [0.717, 1.165) is 63.1 Å². The molecule has 0 spiro atoms. The van der Waals surface area contributed by atoms with Crippen LogP contribution < -0.4 is 0 Å². The molecule has 0 unspecified atom stereocenters. The van der Waals surface area contributed by atoms with E-state index in [-0.39, 0.29) is 5.91 Å². The fourth-order valence-electron chi connectivity index (χ4n) is 4.50. The highest BCUT2D eigenvalue weighted by molar-refractivity contribution is 7.99. The van der Waals surface area contributed by atoms with Crippen molar-refractivity contribution in [3.8, 4) is 0 Å². The van der Waals surface area contributed by atoms with Crippen molar-refractivity contribution in [1.29, 1.82) is 0 Å². The first-order chi connectivity index (χ1) is 15.3. The molecular formula is C24H35N5OS. The first kappa shape index (κ1) is 22.3. The fourth-order valence-corrected chi connectivity index (χ4v) is 5.36. The molecule has 1 amide bonds. The van der Waals surface area contributed by atoms with Crippen LogP contribution in [0.5, 0.6) is 0 Å². The van der Waals surface area contributed by atoms with E-state index in [4.69, 9.17) is 0 Å². The minimum atomic E-state index is 0.235. The Bertz CT molecular complexity index is 811. The van der Waals surface area contributed by atoms with Gasteiger partial charge in [-0.2, -0.15) is 0 Å². The molecule has 3 heterocycles. The van der Waals surface area contributed by atoms with Gasteiger partial charge in [-0.1, -0.05) is 67.8 Å². The minimum absolute atomic E-state index is 0.235. The van der Waals surface area contributed by atoms with Crippen molar-refractivity contribution < 1.29 is 4.79 Å². The topological polar surface area (TPSA) is 54.3 Å². The average molecular weight is 442 g/mol. The predicted octanol–water partition coefficient (Wildman–Crippen LogP) is 4.20. The van der Waals surface area contributed by atoms with Gasteiger partial charge >= 0.3 is 0 Å². The van der Waals surface area contributed by atoms with Crippen LogP contribution in [-0.4, -0.2) is 62.4 Å². The Balaban J connectivity index is 1.44. The van der Waals surface area contributed by atoms with Crippen LogP contribution >= 0.6 is 11.8 Å². The zero-order valence-corrected chi connectivity index (χ0v) is 19.4. The highest BCUT2D eigenvalue weighted by Gasteiger charge is 2.20. The Morgan fingerprint density at radius 1 is 0.806 bits per heavy atom. The van der Waals surface area contributed by atoms with Gasteiger partial charge in [-0.25, -0.2) is 0 Å². The first-order valence-corrected chi connectivity index (χ1v) is 12.9. The number of carbonyl (C=O) groups is 1. The summed E-state index contributed by atoms with van der Waals surface area (Å²) in [6.07, 6.45) is 9.88. The highest BCUT2D eigenvalue weighted by Crippen LogP contribution is 2.22. The second-order valence-electron chi connectivity index (χ2n) is 8.74. The quantitative estimate of drug-likeness (QED) is 0.603. The number of hydrogen-bond acceptors (Lipinski definition) is 5. The number of amides is 1. The van der Waals surface area contributed by atoms with Crippen molar-refractivity contribution in [3.05, 3.63) is 41.7 Å². The highest BCUT2D eigenvalue weighted by atomic mass is 32.2. The van der Waals surface area contributed by atoms with E-state index in [1.807, 2.05) is 6.07 Å². The lowest BCUT2D eigenvalue weighted by Gasteiger charge is -2.26. The molecule has 6 nitrogen and oxygen atoms in total. The molecule has 7 heteroatoms. The molecule has 0 atom stereocenters. The first-order valence-electron chi connectivity index (χ1n) is 11.9. The largest absolute Gasteiger partial charge is 0.342 e. The fraction of sp³-hybridized carbons (Fsp3) is 0.625. The van der Waals surface area contributed by atoms with E-state index in [2.05, 4.69) is 48.8 Å². The number of aromatic nitrogens is 3. The van der Waals surface area contributed by atoms with Gasteiger partial charge in [0, 0.05) is 13.1 Å². The summed E-state index contributed by atoms with van der Waals surface area (Å²) in [5, 5.41) is 9.91. The molecule has 0 aliphatic carbocycles. The summed E-state index contributed by atoms with van der Waals surface area (Å²) in [5.74, 6) is 1.68. The number of likely N-dealkylation sites (tertiary alicyclic amines) is 2. The van der Waals surface area contributed by atoms with Gasteiger partial charge in [0.2, 0.25) is 5.91 Å². The van der Waals surface area contributed by atoms with Crippen LogP contribution in [0.4, 0.5) is 0 Å². The lowest BCUT2D eigenvalue weighted by Crippen LogP contribution is -2.35. The molecule has 0 radical (unpaired) electrons. The second kappa shape index (κ2) is 11.7. The maximum absolute atomic E-state index is 12.9. The van der Waals surface area contributed by atoms with Gasteiger partial charge in [0.25, 0.3) is 0 Å². The number of benzene rings is 1. The van der Waals surface area contributed by atoms with Crippen LogP contribution in [0, 0.1) is 0 Å². The normalized spacial score (nSPS) is 18.5. The summed E-state index contributed by atoms with van der Waals surface area (Å²) in [6, 6.07) is 10.5. The number of rotatable bonds is 7. The van der Waals surface area contributed by atoms with E-state index in [1.165, 1.54) is 44.1 Å². The maximum atomic E-state index is 12.9. The second-order valence-corrected chi connectivity index (χ2v) is 9.69. The number of hydrogen-bond donors (Lipinski definition) is 0.